The van der Waals surface area contributed by atoms with Crippen LogP contribution in [-0.4, -0.2) is 4.98 Å². The van der Waals surface area contributed by atoms with Crippen molar-refractivity contribution in [1.29, 1.82) is 5.26 Å². The summed E-state index contributed by atoms with van der Waals surface area (Å²) in [6.45, 7) is 4.15. The van der Waals surface area contributed by atoms with Gasteiger partial charge in [-0.3, -0.25) is 0 Å². The van der Waals surface area contributed by atoms with Crippen molar-refractivity contribution < 1.29 is 0 Å². The standard InChI is InChI=1S/C14H14N2/c1-10-3-4-12(7-11(10)2)14(8-15)13-5-6-16-9-13/h3-7,9,14,16H,1-2H3. The van der Waals surface area contributed by atoms with Gasteiger partial charge < -0.3 is 4.98 Å². The molecule has 0 spiro atoms. The first-order valence-corrected chi connectivity index (χ1v) is 5.32. The number of benzene rings is 1. The zero-order valence-corrected chi connectivity index (χ0v) is 9.49. The monoisotopic (exact) mass is 210 g/mol. The van der Waals surface area contributed by atoms with Gasteiger partial charge >= 0.3 is 0 Å². The van der Waals surface area contributed by atoms with Crippen LogP contribution in [0.15, 0.2) is 36.7 Å². The predicted molar refractivity (Wildman–Crippen MR) is 64.2 cm³/mol. The normalized spacial score (nSPS) is 12.1. The molecular weight excluding hydrogens is 196 g/mol. The largest absolute Gasteiger partial charge is 0.367 e. The first kappa shape index (κ1) is 10.5. The minimum atomic E-state index is -0.175. The number of hydrogen-bond donors (Lipinski definition) is 1. The van der Waals surface area contributed by atoms with Gasteiger partial charge in [0.05, 0.1) is 12.0 Å². The lowest BCUT2D eigenvalue weighted by molar-refractivity contribution is 1.03. The van der Waals surface area contributed by atoms with Crippen LogP contribution in [0.2, 0.25) is 0 Å². The van der Waals surface area contributed by atoms with E-state index in [2.05, 4.69) is 37.0 Å². The summed E-state index contributed by atoms with van der Waals surface area (Å²) in [4.78, 5) is 2.99. The van der Waals surface area contributed by atoms with Crippen LogP contribution in [-0.2, 0) is 0 Å². The van der Waals surface area contributed by atoms with Crippen molar-refractivity contribution >= 4 is 0 Å². The number of nitriles is 1. The van der Waals surface area contributed by atoms with Gasteiger partial charge in [-0.25, -0.2) is 0 Å². The van der Waals surface area contributed by atoms with E-state index in [4.69, 9.17) is 0 Å². The molecule has 16 heavy (non-hydrogen) atoms. The van der Waals surface area contributed by atoms with E-state index in [-0.39, 0.29) is 5.92 Å². The van der Waals surface area contributed by atoms with E-state index >= 15 is 0 Å². The van der Waals surface area contributed by atoms with Crippen LogP contribution in [0, 0.1) is 25.2 Å². The molecule has 2 nitrogen and oxygen atoms in total. The van der Waals surface area contributed by atoms with Crippen molar-refractivity contribution in [2.45, 2.75) is 19.8 Å². The van der Waals surface area contributed by atoms with Crippen molar-refractivity contribution in [2.24, 2.45) is 0 Å². The number of aromatic nitrogens is 1. The number of nitrogens with one attached hydrogen (secondary N) is 1. The highest BCUT2D eigenvalue weighted by molar-refractivity contribution is 5.40. The summed E-state index contributed by atoms with van der Waals surface area (Å²) in [6, 6.07) is 10.5. The molecule has 0 aliphatic carbocycles. The summed E-state index contributed by atoms with van der Waals surface area (Å²) in [5.41, 5.74) is 4.57. The molecule has 1 atom stereocenters. The molecular formula is C14H14N2. The fraction of sp³-hybridized carbons (Fsp3) is 0.214. The smallest absolute Gasteiger partial charge is 0.0977 e. The maximum Gasteiger partial charge on any atom is 0.0977 e. The Balaban J connectivity index is 2.43. The lowest BCUT2D eigenvalue weighted by atomic mass is 9.92. The number of aromatic amines is 1. The number of aryl methyl sites for hydroxylation is 2. The van der Waals surface area contributed by atoms with Crippen molar-refractivity contribution in [3.05, 3.63) is 58.9 Å². The second-order valence-electron chi connectivity index (χ2n) is 4.05. The van der Waals surface area contributed by atoms with E-state index in [0.717, 1.165) is 11.1 Å². The molecule has 0 aliphatic rings. The van der Waals surface area contributed by atoms with Gasteiger partial charge in [-0.15, -0.1) is 0 Å². The van der Waals surface area contributed by atoms with Crippen LogP contribution in [0.1, 0.15) is 28.2 Å². The topological polar surface area (TPSA) is 39.6 Å². The van der Waals surface area contributed by atoms with Gasteiger partial charge in [-0.1, -0.05) is 18.2 Å². The Hall–Kier alpha value is -2.01. The van der Waals surface area contributed by atoms with E-state index in [1.165, 1.54) is 11.1 Å². The summed E-state index contributed by atoms with van der Waals surface area (Å²) >= 11 is 0. The highest BCUT2D eigenvalue weighted by atomic mass is 14.6. The van der Waals surface area contributed by atoms with Gasteiger partial charge in [0.2, 0.25) is 0 Å². The summed E-state index contributed by atoms with van der Waals surface area (Å²) < 4.78 is 0. The minimum absolute atomic E-state index is 0.175. The van der Waals surface area contributed by atoms with Crippen LogP contribution in [0.4, 0.5) is 0 Å². The van der Waals surface area contributed by atoms with Gasteiger partial charge in [-0.2, -0.15) is 5.26 Å². The average Bonchev–Trinajstić information content (AvgIpc) is 2.78. The SMILES string of the molecule is Cc1ccc(C(C#N)c2cc[nH]c2)cc1C. The van der Waals surface area contributed by atoms with E-state index in [9.17, 15) is 5.26 Å². The Morgan fingerprint density at radius 1 is 1.12 bits per heavy atom. The number of nitrogens with zero attached hydrogens (tertiary/aromatic N) is 1. The van der Waals surface area contributed by atoms with Gasteiger partial charge in [0.25, 0.3) is 0 Å². The number of rotatable bonds is 2. The fourth-order valence-corrected chi connectivity index (χ4v) is 1.80. The number of H-pyrrole nitrogens is 1. The highest BCUT2D eigenvalue weighted by Crippen LogP contribution is 2.25. The molecule has 1 N–H and O–H groups in total. The molecule has 80 valence electrons. The maximum absolute atomic E-state index is 9.25. The van der Waals surface area contributed by atoms with Gasteiger partial charge in [0.15, 0.2) is 0 Å². The third-order valence-corrected chi connectivity index (χ3v) is 2.95. The number of hydrogen-bond acceptors (Lipinski definition) is 1. The second-order valence-corrected chi connectivity index (χ2v) is 4.05. The predicted octanol–water partition coefficient (Wildman–Crippen LogP) is 3.29. The van der Waals surface area contributed by atoms with Crippen LogP contribution in [0.25, 0.3) is 0 Å². The Morgan fingerprint density at radius 3 is 2.50 bits per heavy atom. The maximum atomic E-state index is 9.25. The van der Waals surface area contributed by atoms with Crippen LogP contribution < -0.4 is 0 Å². The molecule has 1 aromatic heterocycles. The van der Waals surface area contributed by atoms with Crippen molar-refractivity contribution in [3.8, 4) is 6.07 Å². The Kier molecular flexibility index (Phi) is 2.78. The molecule has 0 radical (unpaired) electrons. The van der Waals surface area contributed by atoms with Gasteiger partial charge in [0, 0.05) is 12.4 Å². The van der Waals surface area contributed by atoms with Gasteiger partial charge in [-0.05, 0) is 42.2 Å². The van der Waals surface area contributed by atoms with Crippen LogP contribution >= 0.6 is 0 Å². The molecule has 0 fully saturated rings. The fourth-order valence-electron chi connectivity index (χ4n) is 1.80. The molecule has 0 saturated carbocycles. The molecule has 0 saturated heterocycles. The molecule has 0 aliphatic heterocycles. The van der Waals surface area contributed by atoms with Crippen molar-refractivity contribution in [2.75, 3.05) is 0 Å². The quantitative estimate of drug-likeness (QED) is 0.811. The molecule has 0 bridgehead atoms. The van der Waals surface area contributed by atoms with Crippen LogP contribution in [0.5, 0.6) is 0 Å². The summed E-state index contributed by atoms with van der Waals surface area (Å²) in [5, 5.41) is 9.25. The zero-order valence-electron chi connectivity index (χ0n) is 9.49. The van der Waals surface area contributed by atoms with E-state index < -0.39 is 0 Å². The van der Waals surface area contributed by atoms with E-state index in [1.807, 2.05) is 24.5 Å². The Labute approximate surface area is 95.6 Å². The van der Waals surface area contributed by atoms with Gasteiger partial charge in [0.1, 0.15) is 0 Å². The first-order valence-electron chi connectivity index (χ1n) is 5.32. The Bertz CT molecular complexity index is 518. The highest BCUT2D eigenvalue weighted by Gasteiger charge is 2.13. The van der Waals surface area contributed by atoms with E-state index in [1.54, 1.807) is 0 Å². The average molecular weight is 210 g/mol. The molecule has 2 heteroatoms. The summed E-state index contributed by atoms with van der Waals surface area (Å²) in [6.07, 6.45) is 3.73. The first-order chi connectivity index (χ1) is 7.72. The summed E-state index contributed by atoms with van der Waals surface area (Å²) in [5.74, 6) is -0.175. The van der Waals surface area contributed by atoms with Crippen molar-refractivity contribution in [1.82, 2.24) is 4.98 Å². The Morgan fingerprint density at radius 2 is 1.94 bits per heavy atom. The van der Waals surface area contributed by atoms with E-state index in [0.29, 0.717) is 0 Å². The molecule has 2 rings (SSSR count). The third kappa shape index (κ3) is 1.85. The second kappa shape index (κ2) is 4.24. The lowest BCUT2D eigenvalue weighted by Gasteiger charge is -2.09. The molecule has 2 aromatic rings. The molecule has 0 amide bonds. The summed E-state index contributed by atoms with van der Waals surface area (Å²) in [7, 11) is 0. The lowest BCUT2D eigenvalue weighted by Crippen LogP contribution is -1.97. The molecule has 1 heterocycles. The molecule has 1 aromatic carbocycles. The molecule has 1 unspecified atom stereocenters. The van der Waals surface area contributed by atoms with Crippen LogP contribution in [0.3, 0.4) is 0 Å². The zero-order chi connectivity index (χ0) is 11.5. The van der Waals surface area contributed by atoms with Crippen molar-refractivity contribution in [3.63, 3.8) is 0 Å². The minimum Gasteiger partial charge on any atom is -0.367 e. The third-order valence-electron chi connectivity index (χ3n) is 2.95.